The molecule has 3 rings (SSSR count). The number of nitrogens with one attached hydrogen (secondary N) is 2. The Labute approximate surface area is 119 Å². The molecule has 20 heavy (non-hydrogen) atoms. The van der Waals surface area contributed by atoms with Crippen molar-refractivity contribution in [2.24, 2.45) is 5.73 Å². The van der Waals surface area contributed by atoms with Gasteiger partial charge in [-0.3, -0.25) is 0 Å². The number of hydrogen-bond acceptors (Lipinski definition) is 5. The van der Waals surface area contributed by atoms with Crippen molar-refractivity contribution >= 4 is 22.7 Å². The maximum absolute atomic E-state index is 6.20. The fourth-order valence-electron chi connectivity index (χ4n) is 2.79. The molecule has 0 amide bonds. The summed E-state index contributed by atoms with van der Waals surface area (Å²) in [5, 5.41) is 6.60. The van der Waals surface area contributed by atoms with E-state index in [2.05, 4.69) is 20.6 Å². The van der Waals surface area contributed by atoms with E-state index < -0.39 is 0 Å². The molecule has 1 aliphatic rings. The summed E-state index contributed by atoms with van der Waals surface area (Å²) in [5.41, 5.74) is 8.00. The predicted octanol–water partition coefficient (Wildman–Crippen LogP) is 2.35. The smallest absolute Gasteiger partial charge is 0.170 e. The maximum atomic E-state index is 6.20. The van der Waals surface area contributed by atoms with E-state index in [-0.39, 0.29) is 12.1 Å². The number of para-hydroxylation sites is 2. The van der Waals surface area contributed by atoms with Gasteiger partial charge in [0.25, 0.3) is 0 Å². The summed E-state index contributed by atoms with van der Waals surface area (Å²) >= 11 is 0. The fraction of sp³-hybridized carbons (Fsp3) is 0.467. The molecule has 0 radical (unpaired) electrons. The number of hydrogen-bond donors (Lipinski definition) is 3. The van der Waals surface area contributed by atoms with Crippen molar-refractivity contribution in [3.63, 3.8) is 0 Å². The molecular formula is C15H21N5. The minimum Gasteiger partial charge on any atom is -0.370 e. The second kappa shape index (κ2) is 5.63. The predicted molar refractivity (Wildman–Crippen MR) is 82.9 cm³/mol. The van der Waals surface area contributed by atoms with Gasteiger partial charge in [0.05, 0.1) is 11.0 Å². The van der Waals surface area contributed by atoms with E-state index in [1.165, 1.54) is 12.8 Å². The average Bonchev–Trinajstić information content (AvgIpc) is 2.49. The summed E-state index contributed by atoms with van der Waals surface area (Å²) in [4.78, 5) is 9.29. The van der Waals surface area contributed by atoms with E-state index in [1.54, 1.807) is 0 Å². The zero-order valence-corrected chi connectivity index (χ0v) is 11.8. The molecule has 5 heteroatoms. The summed E-state index contributed by atoms with van der Waals surface area (Å²) in [6, 6.07) is 8.38. The van der Waals surface area contributed by atoms with Crippen LogP contribution in [-0.2, 0) is 0 Å². The summed E-state index contributed by atoms with van der Waals surface area (Å²) in [6.07, 6.45) is 4.62. The van der Waals surface area contributed by atoms with Gasteiger partial charge in [-0.05, 0) is 25.0 Å². The minimum absolute atomic E-state index is 0.196. The van der Waals surface area contributed by atoms with Crippen molar-refractivity contribution in [2.45, 2.75) is 37.8 Å². The van der Waals surface area contributed by atoms with E-state index in [0.717, 1.165) is 35.5 Å². The molecule has 1 heterocycles. The Balaban J connectivity index is 1.92. The van der Waals surface area contributed by atoms with Crippen LogP contribution in [0.4, 0.5) is 11.6 Å². The first kappa shape index (κ1) is 13.1. The number of fused-ring (bicyclic) bond motifs is 1. The molecule has 5 nitrogen and oxygen atoms in total. The lowest BCUT2D eigenvalue weighted by Gasteiger charge is -2.30. The molecule has 0 bridgehead atoms. The zero-order valence-electron chi connectivity index (χ0n) is 11.8. The number of aromatic nitrogens is 2. The lowest BCUT2D eigenvalue weighted by molar-refractivity contribution is 0.403. The van der Waals surface area contributed by atoms with Gasteiger partial charge in [0, 0.05) is 19.1 Å². The first-order valence-corrected chi connectivity index (χ1v) is 7.24. The highest BCUT2D eigenvalue weighted by Crippen LogP contribution is 2.25. The first-order chi connectivity index (χ1) is 9.78. The normalized spacial score (nSPS) is 22.7. The van der Waals surface area contributed by atoms with Crippen LogP contribution in [0.15, 0.2) is 24.3 Å². The Bertz CT molecular complexity index is 598. The van der Waals surface area contributed by atoms with Gasteiger partial charge in [0.2, 0.25) is 0 Å². The number of anilines is 2. The van der Waals surface area contributed by atoms with Crippen LogP contribution in [0, 0.1) is 0 Å². The van der Waals surface area contributed by atoms with Gasteiger partial charge in [-0.25, -0.2) is 9.97 Å². The van der Waals surface area contributed by atoms with Crippen LogP contribution in [0.25, 0.3) is 11.0 Å². The van der Waals surface area contributed by atoms with E-state index in [4.69, 9.17) is 5.73 Å². The molecule has 1 aromatic heterocycles. The number of benzene rings is 1. The maximum Gasteiger partial charge on any atom is 0.170 e. The zero-order chi connectivity index (χ0) is 13.9. The van der Waals surface area contributed by atoms with E-state index in [1.807, 2.05) is 31.3 Å². The highest BCUT2D eigenvalue weighted by atomic mass is 15.1. The molecule has 0 spiro atoms. The largest absolute Gasteiger partial charge is 0.370 e. The van der Waals surface area contributed by atoms with Gasteiger partial charge in [0.15, 0.2) is 11.6 Å². The SMILES string of the molecule is CNc1nc2ccccc2nc1NC1CCCCC1N. The van der Waals surface area contributed by atoms with E-state index in [0.29, 0.717) is 0 Å². The molecule has 2 atom stereocenters. The molecule has 1 aliphatic carbocycles. The molecule has 1 saturated carbocycles. The molecule has 0 aliphatic heterocycles. The van der Waals surface area contributed by atoms with Gasteiger partial charge >= 0.3 is 0 Å². The van der Waals surface area contributed by atoms with Crippen LogP contribution >= 0.6 is 0 Å². The lowest BCUT2D eigenvalue weighted by Crippen LogP contribution is -2.42. The van der Waals surface area contributed by atoms with Crippen molar-refractivity contribution < 1.29 is 0 Å². The monoisotopic (exact) mass is 271 g/mol. The summed E-state index contributed by atoms with van der Waals surface area (Å²) in [6.45, 7) is 0. The molecule has 1 fully saturated rings. The third-order valence-corrected chi connectivity index (χ3v) is 3.95. The molecule has 1 aromatic carbocycles. The topological polar surface area (TPSA) is 75.9 Å². The van der Waals surface area contributed by atoms with Gasteiger partial charge in [0.1, 0.15) is 0 Å². The van der Waals surface area contributed by atoms with Gasteiger partial charge in [-0.2, -0.15) is 0 Å². The van der Waals surface area contributed by atoms with Crippen LogP contribution in [-0.4, -0.2) is 29.1 Å². The van der Waals surface area contributed by atoms with Gasteiger partial charge < -0.3 is 16.4 Å². The van der Waals surface area contributed by atoms with Gasteiger partial charge in [-0.1, -0.05) is 25.0 Å². The van der Waals surface area contributed by atoms with Crippen molar-refractivity contribution in [3.8, 4) is 0 Å². The number of nitrogens with zero attached hydrogens (tertiary/aromatic N) is 2. The molecule has 106 valence electrons. The molecule has 4 N–H and O–H groups in total. The van der Waals surface area contributed by atoms with Crippen molar-refractivity contribution in [1.82, 2.24) is 9.97 Å². The van der Waals surface area contributed by atoms with E-state index in [9.17, 15) is 0 Å². The Kier molecular flexibility index (Phi) is 3.69. The highest BCUT2D eigenvalue weighted by molar-refractivity contribution is 5.80. The Morgan fingerprint density at radius 2 is 1.70 bits per heavy atom. The van der Waals surface area contributed by atoms with Crippen LogP contribution < -0.4 is 16.4 Å². The van der Waals surface area contributed by atoms with Crippen LogP contribution in [0.3, 0.4) is 0 Å². The molecule has 2 unspecified atom stereocenters. The summed E-state index contributed by atoms with van der Waals surface area (Å²) in [5.74, 6) is 1.58. The third-order valence-electron chi connectivity index (χ3n) is 3.95. The molecule has 0 saturated heterocycles. The van der Waals surface area contributed by atoms with E-state index >= 15 is 0 Å². The Morgan fingerprint density at radius 1 is 1.05 bits per heavy atom. The van der Waals surface area contributed by atoms with Crippen molar-refractivity contribution in [3.05, 3.63) is 24.3 Å². The van der Waals surface area contributed by atoms with Crippen molar-refractivity contribution in [2.75, 3.05) is 17.7 Å². The lowest BCUT2D eigenvalue weighted by atomic mass is 9.91. The standard InChI is InChI=1S/C15H21N5/c1-17-14-15(18-11-7-3-2-6-10(11)16)20-13-9-5-4-8-12(13)19-14/h4-5,8-11H,2-3,6-7,16H2,1H3,(H,17,19)(H,18,20). The Hall–Kier alpha value is -1.88. The highest BCUT2D eigenvalue weighted by Gasteiger charge is 2.23. The number of rotatable bonds is 3. The molecular weight excluding hydrogens is 250 g/mol. The fourth-order valence-corrected chi connectivity index (χ4v) is 2.79. The summed E-state index contributed by atoms with van der Waals surface area (Å²) < 4.78 is 0. The van der Waals surface area contributed by atoms with Crippen LogP contribution in [0.2, 0.25) is 0 Å². The second-order valence-electron chi connectivity index (χ2n) is 5.36. The van der Waals surface area contributed by atoms with Crippen LogP contribution in [0.1, 0.15) is 25.7 Å². The van der Waals surface area contributed by atoms with Gasteiger partial charge in [-0.15, -0.1) is 0 Å². The Morgan fingerprint density at radius 3 is 2.35 bits per heavy atom. The average molecular weight is 271 g/mol. The quantitative estimate of drug-likeness (QED) is 0.799. The minimum atomic E-state index is 0.196. The first-order valence-electron chi connectivity index (χ1n) is 7.24. The second-order valence-corrected chi connectivity index (χ2v) is 5.36. The third kappa shape index (κ3) is 2.54. The van der Waals surface area contributed by atoms with Crippen molar-refractivity contribution in [1.29, 1.82) is 0 Å². The summed E-state index contributed by atoms with van der Waals surface area (Å²) in [7, 11) is 1.87. The van der Waals surface area contributed by atoms with Crippen LogP contribution in [0.5, 0.6) is 0 Å². The number of nitrogens with two attached hydrogens (primary N) is 1. The molecule has 2 aromatic rings.